The second-order valence-electron chi connectivity index (χ2n) is 4.39. The molecule has 10 heteroatoms. The highest BCUT2D eigenvalue weighted by molar-refractivity contribution is 6.32. The van der Waals surface area contributed by atoms with Crippen LogP contribution in [0.4, 0.5) is 10.2 Å². The number of aromatic hydroxyl groups is 1. The van der Waals surface area contributed by atoms with Gasteiger partial charge >= 0.3 is 11.9 Å². The molecule has 1 heterocycles. The second kappa shape index (κ2) is 5.61. The van der Waals surface area contributed by atoms with Crippen LogP contribution in [0.15, 0.2) is 16.9 Å². The van der Waals surface area contributed by atoms with E-state index in [1.54, 1.807) is 0 Å². The van der Waals surface area contributed by atoms with Crippen molar-refractivity contribution in [1.82, 2.24) is 4.98 Å². The molecule has 0 spiro atoms. The van der Waals surface area contributed by atoms with Gasteiger partial charge in [0.05, 0.1) is 5.02 Å². The van der Waals surface area contributed by atoms with Crippen molar-refractivity contribution in [3.8, 4) is 16.9 Å². The van der Waals surface area contributed by atoms with Gasteiger partial charge in [-0.05, 0) is 12.1 Å². The lowest BCUT2D eigenvalue weighted by Crippen LogP contribution is -2.24. The zero-order chi connectivity index (χ0) is 17.5. The van der Waals surface area contributed by atoms with E-state index in [1.807, 2.05) is 4.98 Å². The first kappa shape index (κ1) is 16.3. The van der Waals surface area contributed by atoms with E-state index in [-0.39, 0.29) is 0 Å². The van der Waals surface area contributed by atoms with E-state index in [0.29, 0.717) is 6.07 Å². The van der Waals surface area contributed by atoms with Crippen molar-refractivity contribution >= 4 is 29.4 Å². The SMILES string of the molecule is Nc1[nH]c(=O)c(C(=O)O)c(-c2cc(F)cc(Cl)c2O)c1C(=O)O. The third-order valence-corrected chi connectivity index (χ3v) is 3.26. The molecule has 2 rings (SSSR count). The molecule has 0 bridgehead atoms. The molecule has 120 valence electrons. The first-order chi connectivity index (χ1) is 10.6. The molecule has 0 saturated carbocycles. The van der Waals surface area contributed by atoms with Crippen LogP contribution in [0.3, 0.4) is 0 Å². The number of hydrogen-bond donors (Lipinski definition) is 5. The summed E-state index contributed by atoms with van der Waals surface area (Å²) in [6.07, 6.45) is 0. The van der Waals surface area contributed by atoms with Crippen molar-refractivity contribution in [2.75, 3.05) is 5.73 Å². The summed E-state index contributed by atoms with van der Waals surface area (Å²) in [6.45, 7) is 0. The zero-order valence-corrected chi connectivity index (χ0v) is 11.8. The Labute approximate surface area is 131 Å². The maximum absolute atomic E-state index is 13.6. The number of phenols is 1. The quantitative estimate of drug-likeness (QED) is 0.566. The molecule has 0 aliphatic rings. The van der Waals surface area contributed by atoms with E-state index in [4.69, 9.17) is 17.3 Å². The van der Waals surface area contributed by atoms with Crippen LogP contribution in [0.2, 0.25) is 5.02 Å². The summed E-state index contributed by atoms with van der Waals surface area (Å²) in [5.74, 6) is -5.89. The molecular weight excluding hydrogens is 335 g/mol. The topological polar surface area (TPSA) is 154 Å². The van der Waals surface area contributed by atoms with Crippen molar-refractivity contribution in [2.24, 2.45) is 0 Å². The number of nitrogens with one attached hydrogen (secondary N) is 1. The summed E-state index contributed by atoms with van der Waals surface area (Å²) in [4.78, 5) is 36.4. The number of benzene rings is 1. The van der Waals surface area contributed by atoms with Crippen LogP contribution < -0.4 is 11.3 Å². The molecule has 0 fully saturated rings. The molecule has 0 radical (unpaired) electrons. The molecule has 0 aliphatic carbocycles. The Balaban J connectivity index is 3.10. The van der Waals surface area contributed by atoms with Gasteiger partial charge in [-0.25, -0.2) is 14.0 Å². The van der Waals surface area contributed by atoms with Gasteiger partial charge in [0.1, 0.15) is 28.5 Å². The Bertz CT molecular complexity index is 908. The molecule has 0 unspecified atom stereocenters. The number of nitrogens with two attached hydrogens (primary N) is 1. The number of carboxylic acids is 2. The fraction of sp³-hybridized carbons (Fsp3) is 0. The fourth-order valence-corrected chi connectivity index (χ4v) is 2.28. The molecule has 0 atom stereocenters. The van der Waals surface area contributed by atoms with E-state index in [1.165, 1.54) is 0 Å². The van der Waals surface area contributed by atoms with Crippen molar-refractivity contribution in [3.63, 3.8) is 0 Å². The van der Waals surface area contributed by atoms with Crippen molar-refractivity contribution in [1.29, 1.82) is 0 Å². The molecule has 0 amide bonds. The summed E-state index contributed by atoms with van der Waals surface area (Å²) in [5, 5.41) is 27.8. The van der Waals surface area contributed by atoms with Crippen molar-refractivity contribution < 1.29 is 29.3 Å². The van der Waals surface area contributed by atoms with Crippen molar-refractivity contribution in [2.45, 2.75) is 0 Å². The van der Waals surface area contributed by atoms with Crippen LogP contribution >= 0.6 is 11.6 Å². The third-order valence-electron chi connectivity index (χ3n) is 2.97. The number of phenolic OH excluding ortho intramolecular Hbond substituents is 1. The molecule has 8 nitrogen and oxygen atoms in total. The van der Waals surface area contributed by atoms with Gasteiger partial charge in [-0.2, -0.15) is 0 Å². The smallest absolute Gasteiger partial charge is 0.342 e. The van der Waals surface area contributed by atoms with E-state index >= 15 is 0 Å². The Morgan fingerprint density at radius 1 is 1.17 bits per heavy atom. The first-order valence-electron chi connectivity index (χ1n) is 5.85. The summed E-state index contributed by atoms with van der Waals surface area (Å²) in [5.41, 5.74) is 1.05. The lowest BCUT2D eigenvalue weighted by atomic mass is 9.94. The fourth-order valence-electron chi connectivity index (χ4n) is 2.07. The summed E-state index contributed by atoms with van der Waals surface area (Å²) in [7, 11) is 0. The van der Waals surface area contributed by atoms with Gasteiger partial charge in [0.15, 0.2) is 0 Å². The summed E-state index contributed by atoms with van der Waals surface area (Å²) >= 11 is 5.61. The van der Waals surface area contributed by atoms with Crippen LogP contribution in [0.5, 0.6) is 5.75 Å². The third kappa shape index (κ3) is 2.69. The van der Waals surface area contributed by atoms with Crippen LogP contribution in [0.25, 0.3) is 11.1 Å². The Morgan fingerprint density at radius 3 is 2.26 bits per heavy atom. The second-order valence-corrected chi connectivity index (χ2v) is 4.79. The number of pyridine rings is 1. The number of aromatic amines is 1. The monoisotopic (exact) mass is 342 g/mol. The largest absolute Gasteiger partial charge is 0.506 e. The minimum Gasteiger partial charge on any atom is -0.506 e. The highest BCUT2D eigenvalue weighted by Gasteiger charge is 2.29. The lowest BCUT2D eigenvalue weighted by Gasteiger charge is -2.14. The van der Waals surface area contributed by atoms with Crippen LogP contribution in [0, 0.1) is 5.82 Å². The lowest BCUT2D eigenvalue weighted by molar-refractivity contribution is 0.0695. The minimum atomic E-state index is -1.79. The molecular formula is C13H8ClFN2O6. The predicted octanol–water partition coefficient (Wildman–Crippen LogP) is 1.52. The maximum atomic E-state index is 13.6. The normalized spacial score (nSPS) is 10.5. The molecule has 0 aliphatic heterocycles. The number of rotatable bonds is 3. The maximum Gasteiger partial charge on any atom is 0.342 e. The number of carboxylic acid groups (broad SMARTS) is 2. The standard InChI is InChI=1S/C13H8ClFN2O6/c14-5-2-3(15)1-4(9(5)18)6-7(12(20)21)10(16)17-11(19)8(6)13(22)23/h1-2,18H,(H,20,21)(H,22,23)(H3,16,17,19). The van der Waals surface area contributed by atoms with Crippen LogP contribution in [-0.2, 0) is 0 Å². The van der Waals surface area contributed by atoms with E-state index < -0.39 is 62.2 Å². The van der Waals surface area contributed by atoms with Gasteiger partial charge in [0.2, 0.25) is 0 Å². The number of anilines is 1. The molecule has 6 N–H and O–H groups in total. The van der Waals surface area contributed by atoms with E-state index in [9.17, 15) is 34.1 Å². The number of hydrogen-bond acceptors (Lipinski definition) is 5. The first-order valence-corrected chi connectivity index (χ1v) is 6.23. The van der Waals surface area contributed by atoms with Gasteiger partial charge in [-0.3, -0.25) is 4.79 Å². The molecule has 1 aromatic heterocycles. The minimum absolute atomic E-state index is 0.494. The summed E-state index contributed by atoms with van der Waals surface area (Å²) in [6, 6.07) is 1.38. The molecule has 2 aromatic rings. The Morgan fingerprint density at radius 2 is 1.74 bits per heavy atom. The number of aromatic carboxylic acids is 2. The van der Waals surface area contributed by atoms with E-state index in [0.717, 1.165) is 6.07 Å². The van der Waals surface area contributed by atoms with Gasteiger partial charge < -0.3 is 26.0 Å². The number of nitrogen functional groups attached to an aromatic ring is 1. The van der Waals surface area contributed by atoms with Crippen LogP contribution in [-0.4, -0.2) is 32.2 Å². The highest BCUT2D eigenvalue weighted by atomic mass is 35.5. The number of carbonyl (C=O) groups is 2. The summed E-state index contributed by atoms with van der Waals surface area (Å²) < 4.78 is 13.6. The average molecular weight is 343 g/mol. The van der Waals surface area contributed by atoms with Gasteiger partial charge in [0, 0.05) is 11.1 Å². The number of halogens is 2. The number of aromatic nitrogens is 1. The molecule has 23 heavy (non-hydrogen) atoms. The molecule has 0 saturated heterocycles. The van der Waals surface area contributed by atoms with E-state index in [2.05, 4.69) is 0 Å². The average Bonchev–Trinajstić information content (AvgIpc) is 2.40. The van der Waals surface area contributed by atoms with Crippen molar-refractivity contribution in [3.05, 3.63) is 44.5 Å². The Kier molecular flexibility index (Phi) is 3.98. The molecule has 1 aromatic carbocycles. The Hall–Kier alpha value is -3.07. The van der Waals surface area contributed by atoms with Gasteiger partial charge in [-0.15, -0.1) is 0 Å². The number of H-pyrrole nitrogens is 1. The van der Waals surface area contributed by atoms with Crippen LogP contribution in [0.1, 0.15) is 20.7 Å². The highest BCUT2D eigenvalue weighted by Crippen LogP contribution is 2.39. The zero-order valence-electron chi connectivity index (χ0n) is 11.1. The van der Waals surface area contributed by atoms with Gasteiger partial charge in [0.25, 0.3) is 5.56 Å². The van der Waals surface area contributed by atoms with Gasteiger partial charge in [-0.1, -0.05) is 11.6 Å². The predicted molar refractivity (Wildman–Crippen MR) is 77.5 cm³/mol.